The van der Waals surface area contributed by atoms with E-state index in [1.165, 1.54) is 13.3 Å². The fraction of sp³-hybridized carbons (Fsp3) is 0.571. The zero-order valence-electron chi connectivity index (χ0n) is 7.78. The molecule has 74 valence electrons. The molecule has 0 saturated heterocycles. The van der Waals surface area contributed by atoms with Crippen molar-refractivity contribution in [2.24, 2.45) is 10.8 Å². The Morgan fingerprint density at radius 1 is 1.62 bits per heavy atom. The highest BCUT2D eigenvalue weighted by Crippen LogP contribution is 1.83. The van der Waals surface area contributed by atoms with Gasteiger partial charge in [0.05, 0.1) is 0 Å². The summed E-state index contributed by atoms with van der Waals surface area (Å²) in [5.74, 6) is 4.92. The van der Waals surface area contributed by atoms with Gasteiger partial charge in [0, 0.05) is 26.2 Å². The van der Waals surface area contributed by atoms with Crippen molar-refractivity contribution >= 4 is 18.2 Å². The van der Waals surface area contributed by atoms with Crippen molar-refractivity contribution < 1.29 is 9.59 Å². The molecule has 0 radical (unpaired) electrons. The van der Waals surface area contributed by atoms with Crippen LogP contribution in [-0.2, 0) is 4.79 Å². The van der Waals surface area contributed by atoms with E-state index in [0.717, 1.165) is 5.01 Å². The Kier molecular flexibility index (Phi) is 5.45. The maximum absolute atomic E-state index is 10.9. The van der Waals surface area contributed by atoms with Gasteiger partial charge in [0.2, 0.25) is 5.91 Å². The second-order valence-electron chi connectivity index (χ2n) is 2.37. The minimum atomic E-state index is -0.449. The molecule has 0 saturated carbocycles. The number of carbonyl (C=O) groups is 2. The van der Waals surface area contributed by atoms with E-state index < -0.39 is 6.03 Å². The molecule has 6 heteroatoms. The third kappa shape index (κ3) is 5.80. The van der Waals surface area contributed by atoms with Crippen LogP contribution in [0.3, 0.4) is 0 Å². The number of nitrogens with two attached hydrogens (primary N) is 1. The summed E-state index contributed by atoms with van der Waals surface area (Å²) in [5, 5.41) is 3.41. The quantitative estimate of drug-likeness (QED) is 0.270. The maximum atomic E-state index is 10.9. The minimum Gasteiger partial charge on any atom is -0.336 e. The fourth-order valence-electron chi connectivity index (χ4n) is 0.616. The SMILES string of the molecule is CC=NC(=O)NCCC(=O)N(C)N. The van der Waals surface area contributed by atoms with E-state index in [1.807, 2.05) is 0 Å². The molecule has 0 bridgehead atoms. The summed E-state index contributed by atoms with van der Waals surface area (Å²) < 4.78 is 0. The molecule has 0 aromatic heterocycles. The minimum absolute atomic E-state index is 0.179. The number of hydrogen-bond acceptors (Lipinski definition) is 3. The molecule has 0 aromatic carbocycles. The molecule has 0 spiro atoms. The van der Waals surface area contributed by atoms with Gasteiger partial charge in [-0.25, -0.2) is 15.6 Å². The van der Waals surface area contributed by atoms with Gasteiger partial charge >= 0.3 is 6.03 Å². The number of carbonyl (C=O) groups excluding carboxylic acids is 2. The number of nitrogens with one attached hydrogen (secondary N) is 1. The fourth-order valence-corrected chi connectivity index (χ4v) is 0.616. The zero-order chi connectivity index (χ0) is 10.3. The molecule has 0 aliphatic rings. The summed E-state index contributed by atoms with van der Waals surface area (Å²) >= 11 is 0. The van der Waals surface area contributed by atoms with Crippen molar-refractivity contribution in [3.8, 4) is 0 Å². The molecule has 6 nitrogen and oxygen atoms in total. The Balaban J connectivity index is 3.56. The Hall–Kier alpha value is -1.43. The highest BCUT2D eigenvalue weighted by atomic mass is 16.2. The maximum Gasteiger partial charge on any atom is 0.340 e. The van der Waals surface area contributed by atoms with Crippen LogP contribution < -0.4 is 11.2 Å². The second-order valence-corrected chi connectivity index (χ2v) is 2.37. The first-order valence-electron chi connectivity index (χ1n) is 3.85. The standard InChI is InChI=1S/C7H14N4O2/c1-3-9-7(13)10-5-4-6(12)11(2)8/h3H,4-5,8H2,1-2H3,(H,10,13). The molecule has 3 amide bonds. The summed E-state index contributed by atoms with van der Waals surface area (Å²) in [6.07, 6.45) is 1.56. The number of aliphatic imine (C=N–C) groups is 1. The first-order chi connectivity index (χ1) is 6.07. The van der Waals surface area contributed by atoms with Crippen LogP contribution in [-0.4, -0.2) is 36.8 Å². The van der Waals surface area contributed by atoms with Crippen LogP contribution in [0.4, 0.5) is 4.79 Å². The van der Waals surface area contributed by atoms with Crippen LogP contribution in [0.5, 0.6) is 0 Å². The van der Waals surface area contributed by atoms with Gasteiger partial charge in [0.15, 0.2) is 0 Å². The van der Waals surface area contributed by atoms with Crippen LogP contribution in [0.2, 0.25) is 0 Å². The summed E-state index contributed by atoms with van der Waals surface area (Å²) in [5.41, 5.74) is 0. The lowest BCUT2D eigenvalue weighted by atomic mass is 10.4. The van der Waals surface area contributed by atoms with Gasteiger partial charge in [0.25, 0.3) is 0 Å². The number of hydrogen-bond donors (Lipinski definition) is 2. The van der Waals surface area contributed by atoms with Crippen molar-refractivity contribution in [3.05, 3.63) is 0 Å². The molecule has 0 fully saturated rings. The van der Waals surface area contributed by atoms with Crippen LogP contribution in [0.1, 0.15) is 13.3 Å². The molecule has 13 heavy (non-hydrogen) atoms. The Labute approximate surface area is 76.8 Å². The Bertz CT molecular complexity index is 213. The van der Waals surface area contributed by atoms with E-state index in [0.29, 0.717) is 0 Å². The van der Waals surface area contributed by atoms with Gasteiger partial charge in [-0.1, -0.05) is 0 Å². The smallest absolute Gasteiger partial charge is 0.336 e. The van der Waals surface area contributed by atoms with Crippen molar-refractivity contribution in [3.63, 3.8) is 0 Å². The molecule has 0 aromatic rings. The zero-order valence-corrected chi connectivity index (χ0v) is 7.78. The van der Waals surface area contributed by atoms with E-state index in [2.05, 4.69) is 10.3 Å². The van der Waals surface area contributed by atoms with Gasteiger partial charge in [-0.15, -0.1) is 0 Å². The van der Waals surface area contributed by atoms with Crippen molar-refractivity contribution in [2.45, 2.75) is 13.3 Å². The lowest BCUT2D eigenvalue weighted by molar-refractivity contribution is -0.129. The van der Waals surface area contributed by atoms with E-state index >= 15 is 0 Å². The predicted molar refractivity (Wildman–Crippen MR) is 49.1 cm³/mol. The molecule has 0 rings (SSSR count). The molecular formula is C7H14N4O2. The molecule has 0 aliphatic carbocycles. The van der Waals surface area contributed by atoms with Crippen molar-refractivity contribution in [1.82, 2.24) is 10.3 Å². The highest BCUT2D eigenvalue weighted by Gasteiger charge is 2.04. The van der Waals surface area contributed by atoms with E-state index in [9.17, 15) is 9.59 Å². The normalized spacial score (nSPS) is 10.1. The summed E-state index contributed by atoms with van der Waals surface area (Å²) in [4.78, 5) is 25.1. The number of amides is 3. The average Bonchev–Trinajstić information content (AvgIpc) is 2.04. The molecular weight excluding hydrogens is 172 g/mol. The van der Waals surface area contributed by atoms with Gasteiger partial charge in [0.1, 0.15) is 0 Å². The van der Waals surface area contributed by atoms with E-state index in [-0.39, 0.29) is 18.9 Å². The molecule has 3 N–H and O–H groups in total. The van der Waals surface area contributed by atoms with Crippen molar-refractivity contribution in [1.29, 1.82) is 0 Å². The summed E-state index contributed by atoms with van der Waals surface area (Å²) in [6, 6.07) is -0.449. The lowest BCUT2D eigenvalue weighted by Gasteiger charge is -2.08. The molecule has 0 aliphatic heterocycles. The summed E-state index contributed by atoms with van der Waals surface area (Å²) in [7, 11) is 1.45. The topological polar surface area (TPSA) is 87.8 Å². The monoisotopic (exact) mass is 186 g/mol. The highest BCUT2D eigenvalue weighted by molar-refractivity contribution is 5.83. The van der Waals surface area contributed by atoms with Gasteiger partial charge in [-0.2, -0.15) is 0 Å². The van der Waals surface area contributed by atoms with E-state index in [1.54, 1.807) is 6.92 Å². The van der Waals surface area contributed by atoms with E-state index in [4.69, 9.17) is 5.84 Å². The van der Waals surface area contributed by atoms with Crippen LogP contribution in [0, 0.1) is 0 Å². The van der Waals surface area contributed by atoms with Crippen LogP contribution in [0.15, 0.2) is 4.99 Å². The first-order valence-corrected chi connectivity index (χ1v) is 3.85. The molecule has 0 atom stereocenters. The first kappa shape index (κ1) is 11.6. The van der Waals surface area contributed by atoms with Gasteiger partial charge in [-0.3, -0.25) is 9.80 Å². The largest absolute Gasteiger partial charge is 0.340 e. The average molecular weight is 186 g/mol. The van der Waals surface area contributed by atoms with Crippen LogP contribution in [0.25, 0.3) is 0 Å². The second kappa shape index (κ2) is 6.13. The Morgan fingerprint density at radius 2 is 2.23 bits per heavy atom. The number of urea groups is 1. The predicted octanol–water partition coefficient (Wildman–Crippen LogP) is -0.491. The third-order valence-corrected chi connectivity index (χ3v) is 1.25. The van der Waals surface area contributed by atoms with Gasteiger partial charge < -0.3 is 5.32 Å². The number of nitrogens with zero attached hydrogens (tertiary/aromatic N) is 2. The number of rotatable bonds is 3. The molecule has 0 heterocycles. The lowest BCUT2D eigenvalue weighted by Crippen LogP contribution is -2.35. The van der Waals surface area contributed by atoms with Crippen LogP contribution >= 0.6 is 0 Å². The summed E-state index contributed by atoms with van der Waals surface area (Å²) in [6.45, 7) is 1.88. The van der Waals surface area contributed by atoms with Crippen molar-refractivity contribution in [2.75, 3.05) is 13.6 Å². The molecule has 0 unspecified atom stereocenters. The number of hydrazine groups is 1. The third-order valence-electron chi connectivity index (χ3n) is 1.25. The Morgan fingerprint density at radius 3 is 2.69 bits per heavy atom. The van der Waals surface area contributed by atoms with Gasteiger partial charge in [-0.05, 0) is 6.92 Å².